The molecule has 0 saturated carbocycles. The molecule has 2 nitrogen and oxygen atoms in total. The van der Waals surface area contributed by atoms with E-state index in [0.29, 0.717) is 11.7 Å². The molecule has 0 amide bonds. The molecular formula is C14H18O2. The monoisotopic (exact) mass is 218 g/mol. The van der Waals surface area contributed by atoms with Crippen LogP contribution in [0.1, 0.15) is 38.6 Å². The Morgan fingerprint density at radius 3 is 2.75 bits per heavy atom. The molecule has 0 aliphatic heterocycles. The Labute approximate surface area is 95.9 Å². The lowest BCUT2D eigenvalue weighted by Gasteiger charge is -2.12. The van der Waals surface area contributed by atoms with Crippen molar-refractivity contribution in [3.8, 4) is 0 Å². The Bertz CT molecular complexity index is 425. The third-order valence-corrected chi connectivity index (χ3v) is 3.10. The normalized spacial score (nSPS) is 15.2. The Balaban J connectivity index is 2.19. The second-order valence-electron chi connectivity index (χ2n) is 4.45. The van der Waals surface area contributed by atoms with Gasteiger partial charge in [0.05, 0.1) is 0 Å². The minimum atomic E-state index is -0.484. The van der Waals surface area contributed by atoms with Crippen molar-refractivity contribution in [1.29, 1.82) is 0 Å². The molecule has 1 aromatic heterocycles. The largest absolute Gasteiger partial charge is 0.458 e. The molecule has 0 spiro atoms. The molecule has 1 aromatic carbocycles. The van der Waals surface area contributed by atoms with Gasteiger partial charge >= 0.3 is 0 Å². The number of aliphatic hydroxyl groups is 1. The van der Waals surface area contributed by atoms with Crippen molar-refractivity contribution in [2.45, 2.75) is 32.8 Å². The third-order valence-electron chi connectivity index (χ3n) is 3.10. The molecule has 86 valence electrons. The Hall–Kier alpha value is -1.28. The van der Waals surface area contributed by atoms with Gasteiger partial charge in [-0.1, -0.05) is 38.5 Å². The molecule has 2 aromatic rings. The van der Waals surface area contributed by atoms with E-state index in [2.05, 4.69) is 13.8 Å². The minimum absolute atomic E-state index is 0.484. The number of hydrogen-bond acceptors (Lipinski definition) is 2. The van der Waals surface area contributed by atoms with Gasteiger partial charge < -0.3 is 9.52 Å². The molecule has 0 bridgehead atoms. The number of fused-ring (bicyclic) bond motifs is 1. The van der Waals surface area contributed by atoms with E-state index in [0.717, 1.165) is 23.8 Å². The first-order valence-corrected chi connectivity index (χ1v) is 5.87. The van der Waals surface area contributed by atoms with Crippen LogP contribution in [0.2, 0.25) is 0 Å². The number of para-hydroxylation sites is 1. The van der Waals surface area contributed by atoms with Gasteiger partial charge in [-0.25, -0.2) is 0 Å². The molecule has 2 atom stereocenters. The van der Waals surface area contributed by atoms with Crippen LogP contribution in [-0.2, 0) is 0 Å². The highest BCUT2D eigenvalue weighted by Crippen LogP contribution is 2.28. The van der Waals surface area contributed by atoms with E-state index in [1.165, 1.54) is 0 Å². The standard InChI is InChI=1S/C14H18O2/c1-3-10(2)8-12(15)14-9-11-6-4-5-7-13(11)16-14/h4-7,9-10,12,15H,3,8H2,1-2H3. The van der Waals surface area contributed by atoms with Gasteiger partial charge in [-0.05, 0) is 24.5 Å². The summed E-state index contributed by atoms with van der Waals surface area (Å²) >= 11 is 0. The molecule has 1 heterocycles. The van der Waals surface area contributed by atoms with Crippen LogP contribution in [0.25, 0.3) is 11.0 Å². The molecule has 16 heavy (non-hydrogen) atoms. The topological polar surface area (TPSA) is 33.4 Å². The summed E-state index contributed by atoms with van der Waals surface area (Å²) in [5.41, 5.74) is 0.848. The van der Waals surface area contributed by atoms with Crippen LogP contribution in [0.5, 0.6) is 0 Å². The van der Waals surface area contributed by atoms with Crippen LogP contribution in [-0.4, -0.2) is 5.11 Å². The van der Waals surface area contributed by atoms with Crippen molar-refractivity contribution in [3.63, 3.8) is 0 Å². The molecule has 0 radical (unpaired) electrons. The lowest BCUT2D eigenvalue weighted by Crippen LogP contribution is -2.02. The fraction of sp³-hybridized carbons (Fsp3) is 0.429. The Morgan fingerprint density at radius 2 is 2.06 bits per heavy atom. The molecule has 2 heteroatoms. The van der Waals surface area contributed by atoms with Crippen molar-refractivity contribution in [3.05, 3.63) is 36.1 Å². The number of benzene rings is 1. The predicted octanol–water partition coefficient (Wildman–Crippen LogP) is 3.90. The van der Waals surface area contributed by atoms with Crippen molar-refractivity contribution in [2.24, 2.45) is 5.92 Å². The maximum Gasteiger partial charge on any atom is 0.134 e. The van der Waals surface area contributed by atoms with Crippen LogP contribution in [0.4, 0.5) is 0 Å². The zero-order chi connectivity index (χ0) is 11.5. The second kappa shape index (κ2) is 4.71. The van der Waals surface area contributed by atoms with E-state index in [1.807, 2.05) is 30.3 Å². The highest BCUT2D eigenvalue weighted by molar-refractivity contribution is 5.77. The van der Waals surface area contributed by atoms with Gasteiger partial charge in [-0.15, -0.1) is 0 Å². The van der Waals surface area contributed by atoms with Gasteiger partial charge in [0, 0.05) is 5.39 Å². The summed E-state index contributed by atoms with van der Waals surface area (Å²) in [6.07, 6.45) is 1.36. The molecule has 1 N–H and O–H groups in total. The minimum Gasteiger partial charge on any atom is -0.458 e. The van der Waals surface area contributed by atoms with E-state index in [1.54, 1.807) is 0 Å². The molecule has 2 rings (SSSR count). The summed E-state index contributed by atoms with van der Waals surface area (Å²) in [6, 6.07) is 9.77. The molecular weight excluding hydrogens is 200 g/mol. The van der Waals surface area contributed by atoms with Crippen LogP contribution in [0.15, 0.2) is 34.7 Å². The summed E-state index contributed by atoms with van der Waals surface area (Å²) in [5.74, 6) is 1.20. The molecule has 0 fully saturated rings. The van der Waals surface area contributed by atoms with Gasteiger partial charge in [-0.2, -0.15) is 0 Å². The zero-order valence-corrected chi connectivity index (χ0v) is 9.81. The summed E-state index contributed by atoms with van der Waals surface area (Å²) in [6.45, 7) is 4.28. The highest BCUT2D eigenvalue weighted by Gasteiger charge is 2.15. The zero-order valence-electron chi connectivity index (χ0n) is 9.81. The Kier molecular flexibility index (Phi) is 3.30. The van der Waals surface area contributed by atoms with Gasteiger partial charge in [0.1, 0.15) is 17.4 Å². The number of hydrogen-bond donors (Lipinski definition) is 1. The van der Waals surface area contributed by atoms with Gasteiger partial charge in [0.25, 0.3) is 0 Å². The number of rotatable bonds is 4. The predicted molar refractivity (Wildman–Crippen MR) is 65.2 cm³/mol. The first kappa shape index (κ1) is 11.2. The van der Waals surface area contributed by atoms with Crippen molar-refractivity contribution in [2.75, 3.05) is 0 Å². The van der Waals surface area contributed by atoms with E-state index >= 15 is 0 Å². The average Bonchev–Trinajstić information content (AvgIpc) is 2.72. The van der Waals surface area contributed by atoms with Gasteiger partial charge in [-0.3, -0.25) is 0 Å². The Morgan fingerprint density at radius 1 is 1.31 bits per heavy atom. The van der Waals surface area contributed by atoms with E-state index in [-0.39, 0.29) is 0 Å². The fourth-order valence-corrected chi connectivity index (χ4v) is 1.83. The summed E-state index contributed by atoms with van der Waals surface area (Å²) in [7, 11) is 0. The maximum absolute atomic E-state index is 10.0. The molecule has 2 unspecified atom stereocenters. The maximum atomic E-state index is 10.0. The van der Waals surface area contributed by atoms with Gasteiger partial charge in [0.2, 0.25) is 0 Å². The van der Waals surface area contributed by atoms with Crippen molar-refractivity contribution < 1.29 is 9.52 Å². The average molecular weight is 218 g/mol. The first-order chi connectivity index (χ1) is 7.70. The van der Waals surface area contributed by atoms with Crippen LogP contribution in [0.3, 0.4) is 0 Å². The quantitative estimate of drug-likeness (QED) is 0.844. The van der Waals surface area contributed by atoms with Crippen LogP contribution >= 0.6 is 0 Å². The highest BCUT2D eigenvalue weighted by atomic mass is 16.4. The SMILES string of the molecule is CCC(C)CC(O)c1cc2ccccc2o1. The van der Waals surface area contributed by atoms with E-state index < -0.39 is 6.10 Å². The van der Waals surface area contributed by atoms with Crippen LogP contribution < -0.4 is 0 Å². The second-order valence-corrected chi connectivity index (χ2v) is 4.45. The first-order valence-electron chi connectivity index (χ1n) is 5.87. The fourth-order valence-electron chi connectivity index (χ4n) is 1.83. The van der Waals surface area contributed by atoms with Gasteiger partial charge in [0.15, 0.2) is 0 Å². The number of furan rings is 1. The summed E-state index contributed by atoms with van der Waals surface area (Å²) < 4.78 is 5.63. The molecule has 0 saturated heterocycles. The van der Waals surface area contributed by atoms with Crippen LogP contribution in [0, 0.1) is 5.92 Å². The summed E-state index contributed by atoms with van der Waals surface area (Å²) in [5, 5.41) is 11.1. The van der Waals surface area contributed by atoms with Crippen molar-refractivity contribution >= 4 is 11.0 Å². The van der Waals surface area contributed by atoms with Crippen molar-refractivity contribution in [1.82, 2.24) is 0 Å². The number of aliphatic hydroxyl groups excluding tert-OH is 1. The third kappa shape index (κ3) is 2.27. The van der Waals surface area contributed by atoms with E-state index in [9.17, 15) is 5.11 Å². The lowest BCUT2D eigenvalue weighted by molar-refractivity contribution is 0.124. The molecule has 0 aliphatic carbocycles. The summed E-state index contributed by atoms with van der Waals surface area (Å²) in [4.78, 5) is 0. The smallest absolute Gasteiger partial charge is 0.134 e. The lowest BCUT2D eigenvalue weighted by atomic mass is 10.00. The molecule has 0 aliphatic rings. The van der Waals surface area contributed by atoms with E-state index in [4.69, 9.17) is 4.42 Å².